The van der Waals surface area contributed by atoms with Crippen molar-refractivity contribution in [3.63, 3.8) is 0 Å². The summed E-state index contributed by atoms with van der Waals surface area (Å²) < 4.78 is 0. The van der Waals surface area contributed by atoms with E-state index in [4.69, 9.17) is 0 Å². The second kappa shape index (κ2) is 5.05. The summed E-state index contributed by atoms with van der Waals surface area (Å²) in [5.74, 6) is 0. The Balaban J connectivity index is 0.000000640. The number of thioether (sulfide) groups is 1. The fraction of sp³-hybridized carbons (Fsp3) is 0.167. The first-order chi connectivity index (χ1) is 3.93. The van der Waals surface area contributed by atoms with Gasteiger partial charge in [-0.3, -0.25) is 0 Å². The molecule has 0 unspecified atom stereocenters. The SMILES string of the molecule is CSc1ccccn1.I. The quantitative estimate of drug-likeness (QED) is 0.563. The molecule has 9 heavy (non-hydrogen) atoms. The number of nitrogens with zero attached hydrogens (tertiary/aromatic N) is 1. The molecular formula is C6H8INS. The highest BCUT2D eigenvalue weighted by atomic mass is 127. The van der Waals surface area contributed by atoms with Gasteiger partial charge in [-0.15, -0.1) is 35.7 Å². The van der Waals surface area contributed by atoms with Gasteiger partial charge < -0.3 is 0 Å². The summed E-state index contributed by atoms with van der Waals surface area (Å²) in [4.78, 5) is 4.06. The van der Waals surface area contributed by atoms with Crippen molar-refractivity contribution in [1.29, 1.82) is 0 Å². The van der Waals surface area contributed by atoms with Crippen molar-refractivity contribution in [2.24, 2.45) is 0 Å². The average molecular weight is 253 g/mol. The monoisotopic (exact) mass is 253 g/mol. The predicted octanol–water partition coefficient (Wildman–Crippen LogP) is 2.42. The molecule has 1 aromatic rings. The van der Waals surface area contributed by atoms with Crippen molar-refractivity contribution < 1.29 is 0 Å². The van der Waals surface area contributed by atoms with Crippen LogP contribution in [0.25, 0.3) is 0 Å². The van der Waals surface area contributed by atoms with E-state index in [1.807, 2.05) is 24.5 Å². The van der Waals surface area contributed by atoms with Crippen LogP contribution in [0, 0.1) is 0 Å². The zero-order chi connectivity index (χ0) is 5.82. The average Bonchev–Trinajstić information content (AvgIpc) is 1.90. The van der Waals surface area contributed by atoms with Gasteiger partial charge in [-0.25, -0.2) is 4.98 Å². The molecule has 0 aromatic carbocycles. The number of hydrogen-bond acceptors (Lipinski definition) is 2. The Morgan fingerprint density at radius 1 is 1.44 bits per heavy atom. The number of hydrogen-bond donors (Lipinski definition) is 0. The van der Waals surface area contributed by atoms with Crippen LogP contribution in [0.15, 0.2) is 29.4 Å². The molecule has 1 nitrogen and oxygen atoms in total. The van der Waals surface area contributed by atoms with E-state index in [0.29, 0.717) is 0 Å². The van der Waals surface area contributed by atoms with E-state index < -0.39 is 0 Å². The number of pyridine rings is 1. The summed E-state index contributed by atoms with van der Waals surface area (Å²) in [5, 5.41) is 1.08. The maximum Gasteiger partial charge on any atom is 0.0957 e. The second-order valence-corrected chi connectivity index (χ2v) is 2.20. The van der Waals surface area contributed by atoms with Gasteiger partial charge >= 0.3 is 0 Å². The molecule has 3 heteroatoms. The molecule has 50 valence electrons. The van der Waals surface area contributed by atoms with Gasteiger partial charge in [0.1, 0.15) is 0 Å². The van der Waals surface area contributed by atoms with E-state index in [-0.39, 0.29) is 24.0 Å². The van der Waals surface area contributed by atoms with Crippen LogP contribution in [0.3, 0.4) is 0 Å². The molecular weight excluding hydrogens is 245 g/mol. The smallest absolute Gasteiger partial charge is 0.0957 e. The van der Waals surface area contributed by atoms with Gasteiger partial charge in [-0.05, 0) is 18.4 Å². The number of aromatic nitrogens is 1. The number of halogens is 1. The lowest BCUT2D eigenvalue weighted by atomic mass is 10.5. The molecule has 0 fully saturated rings. The molecule has 0 aliphatic heterocycles. The Hall–Kier alpha value is 0.230. The van der Waals surface area contributed by atoms with Gasteiger partial charge in [0, 0.05) is 6.20 Å². The first-order valence-electron chi connectivity index (χ1n) is 2.38. The third-order valence-electron chi connectivity index (χ3n) is 0.847. The lowest BCUT2D eigenvalue weighted by Gasteiger charge is -1.88. The van der Waals surface area contributed by atoms with E-state index >= 15 is 0 Å². The zero-order valence-corrected chi connectivity index (χ0v) is 8.22. The largest absolute Gasteiger partial charge is 0.250 e. The summed E-state index contributed by atoms with van der Waals surface area (Å²) in [6.45, 7) is 0. The van der Waals surface area contributed by atoms with Gasteiger partial charge in [0.15, 0.2) is 0 Å². The van der Waals surface area contributed by atoms with Gasteiger partial charge in [0.2, 0.25) is 0 Å². The topological polar surface area (TPSA) is 12.9 Å². The molecule has 0 atom stereocenters. The third-order valence-corrected chi connectivity index (χ3v) is 1.51. The molecule has 0 N–H and O–H groups in total. The van der Waals surface area contributed by atoms with Gasteiger partial charge in [-0.2, -0.15) is 0 Å². The Morgan fingerprint density at radius 3 is 2.56 bits per heavy atom. The standard InChI is InChI=1S/C6H7NS.HI/c1-8-6-4-2-3-5-7-6;/h2-5H,1H3;1H. The fourth-order valence-corrected chi connectivity index (χ4v) is 0.849. The Morgan fingerprint density at radius 2 is 2.22 bits per heavy atom. The highest BCUT2D eigenvalue weighted by molar-refractivity contribution is 14.0. The molecule has 0 aliphatic carbocycles. The predicted molar refractivity (Wildman–Crippen MR) is 51.4 cm³/mol. The highest BCUT2D eigenvalue weighted by Crippen LogP contribution is 2.07. The van der Waals surface area contributed by atoms with Gasteiger partial charge in [0.25, 0.3) is 0 Å². The van der Waals surface area contributed by atoms with Crippen molar-refractivity contribution in [3.05, 3.63) is 24.4 Å². The normalized spacial score (nSPS) is 8.11. The number of rotatable bonds is 1. The molecule has 0 bridgehead atoms. The Labute approximate surface area is 76.3 Å². The minimum absolute atomic E-state index is 0. The lowest BCUT2D eigenvalue weighted by Crippen LogP contribution is -1.71. The summed E-state index contributed by atoms with van der Waals surface area (Å²) in [6.07, 6.45) is 3.81. The van der Waals surface area contributed by atoms with Crippen LogP contribution in [-0.4, -0.2) is 11.2 Å². The van der Waals surface area contributed by atoms with Crippen molar-refractivity contribution in [2.75, 3.05) is 6.26 Å². The fourth-order valence-electron chi connectivity index (χ4n) is 0.468. The van der Waals surface area contributed by atoms with E-state index in [1.54, 1.807) is 18.0 Å². The molecule has 0 saturated heterocycles. The zero-order valence-electron chi connectivity index (χ0n) is 5.07. The van der Waals surface area contributed by atoms with Gasteiger partial charge in [0.05, 0.1) is 5.03 Å². The van der Waals surface area contributed by atoms with Crippen molar-refractivity contribution in [2.45, 2.75) is 5.03 Å². The molecule has 1 rings (SSSR count). The van der Waals surface area contributed by atoms with Crippen molar-refractivity contribution in [1.82, 2.24) is 4.98 Å². The first kappa shape index (κ1) is 9.23. The molecule has 1 aromatic heterocycles. The second-order valence-electron chi connectivity index (χ2n) is 1.37. The van der Waals surface area contributed by atoms with E-state index in [0.717, 1.165) is 5.03 Å². The van der Waals surface area contributed by atoms with Crippen LogP contribution in [0.4, 0.5) is 0 Å². The van der Waals surface area contributed by atoms with Crippen LogP contribution in [-0.2, 0) is 0 Å². The lowest BCUT2D eigenvalue weighted by molar-refractivity contribution is 1.14. The first-order valence-corrected chi connectivity index (χ1v) is 3.61. The molecule has 1 heterocycles. The van der Waals surface area contributed by atoms with Crippen LogP contribution in [0.2, 0.25) is 0 Å². The van der Waals surface area contributed by atoms with Crippen molar-refractivity contribution in [3.8, 4) is 0 Å². The maximum absolute atomic E-state index is 4.06. The van der Waals surface area contributed by atoms with E-state index in [1.165, 1.54) is 0 Å². The van der Waals surface area contributed by atoms with E-state index in [9.17, 15) is 0 Å². The molecule has 0 amide bonds. The summed E-state index contributed by atoms with van der Waals surface area (Å²) in [5.41, 5.74) is 0. The molecule has 0 aliphatic rings. The Kier molecular flexibility index (Phi) is 5.18. The summed E-state index contributed by atoms with van der Waals surface area (Å²) in [7, 11) is 0. The maximum atomic E-state index is 4.06. The Bertz CT molecular complexity index is 154. The van der Waals surface area contributed by atoms with Gasteiger partial charge in [-0.1, -0.05) is 6.07 Å². The van der Waals surface area contributed by atoms with Crippen LogP contribution in [0.5, 0.6) is 0 Å². The van der Waals surface area contributed by atoms with Crippen LogP contribution >= 0.6 is 35.7 Å². The van der Waals surface area contributed by atoms with Crippen LogP contribution in [0.1, 0.15) is 0 Å². The molecule has 0 radical (unpaired) electrons. The molecule has 0 saturated carbocycles. The highest BCUT2D eigenvalue weighted by Gasteiger charge is 1.82. The molecule has 0 spiro atoms. The summed E-state index contributed by atoms with van der Waals surface area (Å²) in [6, 6.07) is 5.89. The minimum Gasteiger partial charge on any atom is -0.250 e. The van der Waals surface area contributed by atoms with Crippen molar-refractivity contribution >= 4 is 35.7 Å². The summed E-state index contributed by atoms with van der Waals surface area (Å²) >= 11 is 1.66. The van der Waals surface area contributed by atoms with E-state index in [2.05, 4.69) is 4.98 Å². The minimum atomic E-state index is 0. The third kappa shape index (κ3) is 3.05. The van der Waals surface area contributed by atoms with Crippen LogP contribution < -0.4 is 0 Å².